The second kappa shape index (κ2) is 6.44. The maximum Gasteiger partial charge on any atom is 0.286 e. The van der Waals surface area contributed by atoms with Crippen LogP contribution in [0.15, 0.2) is 16.7 Å². The lowest BCUT2D eigenvalue weighted by Gasteiger charge is -2.07. The van der Waals surface area contributed by atoms with E-state index < -0.39 is 0 Å². The Hall–Kier alpha value is -1.30. The first-order valence-electron chi connectivity index (χ1n) is 5.42. The molecule has 0 fully saturated rings. The number of aromatic amines is 1. The number of carbonyl (C=O) groups excluding carboxylic acids is 2. The summed E-state index contributed by atoms with van der Waals surface area (Å²) in [6.45, 7) is 4.09. The van der Waals surface area contributed by atoms with Gasteiger partial charge in [-0.3, -0.25) is 20.4 Å². The molecular weight excluding hydrogens is 286 g/mol. The van der Waals surface area contributed by atoms with Crippen molar-refractivity contribution in [3.05, 3.63) is 22.4 Å². The molecule has 0 saturated heterocycles. The third-order valence-electron chi connectivity index (χ3n) is 2.16. The normalized spacial score (nSPS) is 10.4. The Labute approximate surface area is 108 Å². The second-order valence-electron chi connectivity index (χ2n) is 4.17. The summed E-state index contributed by atoms with van der Waals surface area (Å²) < 4.78 is 0.786. The number of carbonyl (C=O) groups is 2. The van der Waals surface area contributed by atoms with Gasteiger partial charge in [-0.05, 0) is 34.3 Å². The maximum absolute atomic E-state index is 11.5. The molecule has 94 valence electrons. The van der Waals surface area contributed by atoms with E-state index in [-0.39, 0.29) is 11.8 Å². The van der Waals surface area contributed by atoms with Crippen LogP contribution in [0.25, 0.3) is 0 Å². The van der Waals surface area contributed by atoms with Crippen LogP contribution in [0, 0.1) is 5.92 Å². The number of aromatic nitrogens is 1. The van der Waals surface area contributed by atoms with E-state index in [1.165, 1.54) is 0 Å². The molecule has 5 nitrogen and oxygen atoms in total. The molecule has 0 unspecified atom stereocenters. The van der Waals surface area contributed by atoms with Crippen LogP contribution in [-0.2, 0) is 4.79 Å². The number of hydrogen-bond donors (Lipinski definition) is 3. The fraction of sp³-hybridized carbons (Fsp3) is 0.455. The molecule has 0 saturated carbocycles. The van der Waals surface area contributed by atoms with Gasteiger partial charge < -0.3 is 4.98 Å². The minimum atomic E-state index is -0.367. The van der Waals surface area contributed by atoms with Gasteiger partial charge in [-0.15, -0.1) is 0 Å². The first-order valence-corrected chi connectivity index (χ1v) is 6.21. The Morgan fingerprint density at radius 1 is 1.41 bits per heavy atom. The van der Waals surface area contributed by atoms with Crippen molar-refractivity contribution in [3.8, 4) is 0 Å². The molecule has 1 rings (SSSR count). The molecule has 1 aromatic heterocycles. The molecule has 2 amide bonds. The van der Waals surface area contributed by atoms with Crippen LogP contribution >= 0.6 is 15.9 Å². The molecule has 0 aliphatic rings. The van der Waals surface area contributed by atoms with Gasteiger partial charge in [-0.1, -0.05) is 13.8 Å². The molecule has 17 heavy (non-hydrogen) atoms. The fourth-order valence-corrected chi connectivity index (χ4v) is 1.52. The summed E-state index contributed by atoms with van der Waals surface area (Å²) >= 11 is 3.22. The fourth-order valence-electron chi connectivity index (χ4n) is 1.18. The molecular formula is C11H16BrN3O2. The predicted octanol–water partition coefficient (Wildman–Crippen LogP) is 1.97. The topological polar surface area (TPSA) is 74.0 Å². The summed E-state index contributed by atoms with van der Waals surface area (Å²) in [5.41, 5.74) is 5.11. The summed E-state index contributed by atoms with van der Waals surface area (Å²) in [6.07, 6.45) is 2.86. The molecule has 3 N–H and O–H groups in total. The number of rotatable bonds is 4. The highest BCUT2D eigenvalue weighted by atomic mass is 79.9. The minimum absolute atomic E-state index is 0.183. The van der Waals surface area contributed by atoms with Crippen LogP contribution in [-0.4, -0.2) is 16.8 Å². The molecule has 6 heteroatoms. The lowest BCUT2D eigenvalue weighted by atomic mass is 10.1. The van der Waals surface area contributed by atoms with Gasteiger partial charge >= 0.3 is 0 Å². The van der Waals surface area contributed by atoms with E-state index in [1.807, 2.05) is 13.8 Å². The third-order valence-corrected chi connectivity index (χ3v) is 2.61. The number of amides is 2. The van der Waals surface area contributed by atoms with E-state index in [2.05, 4.69) is 31.8 Å². The van der Waals surface area contributed by atoms with Crippen molar-refractivity contribution >= 4 is 27.7 Å². The lowest BCUT2D eigenvalue weighted by molar-refractivity contribution is -0.122. The highest BCUT2D eigenvalue weighted by Gasteiger charge is 2.09. The lowest BCUT2D eigenvalue weighted by Crippen LogP contribution is -2.41. The van der Waals surface area contributed by atoms with Crippen molar-refractivity contribution < 1.29 is 9.59 Å². The first kappa shape index (κ1) is 13.8. The van der Waals surface area contributed by atoms with E-state index in [4.69, 9.17) is 0 Å². The smallest absolute Gasteiger partial charge is 0.286 e. The van der Waals surface area contributed by atoms with Gasteiger partial charge in [0.15, 0.2) is 0 Å². The molecule has 0 atom stereocenters. The number of H-pyrrole nitrogens is 1. The molecule has 0 spiro atoms. The Morgan fingerprint density at radius 2 is 2.12 bits per heavy atom. The maximum atomic E-state index is 11.5. The Morgan fingerprint density at radius 3 is 2.65 bits per heavy atom. The average molecular weight is 302 g/mol. The van der Waals surface area contributed by atoms with Gasteiger partial charge in [0, 0.05) is 17.1 Å². The average Bonchev–Trinajstić information content (AvgIpc) is 2.70. The molecule has 0 radical (unpaired) electrons. The largest absolute Gasteiger partial charge is 0.356 e. The molecule has 0 bridgehead atoms. The first-order chi connectivity index (χ1) is 7.99. The van der Waals surface area contributed by atoms with Crippen molar-refractivity contribution in [2.45, 2.75) is 26.7 Å². The van der Waals surface area contributed by atoms with Crippen molar-refractivity contribution in [2.24, 2.45) is 5.92 Å². The monoisotopic (exact) mass is 301 g/mol. The van der Waals surface area contributed by atoms with Crippen molar-refractivity contribution in [1.29, 1.82) is 0 Å². The van der Waals surface area contributed by atoms with Crippen LogP contribution < -0.4 is 10.9 Å². The highest BCUT2D eigenvalue weighted by molar-refractivity contribution is 9.10. The zero-order valence-corrected chi connectivity index (χ0v) is 11.4. The molecule has 1 heterocycles. The van der Waals surface area contributed by atoms with Crippen LogP contribution in [0.4, 0.5) is 0 Å². The highest BCUT2D eigenvalue weighted by Crippen LogP contribution is 2.10. The zero-order chi connectivity index (χ0) is 12.8. The molecule has 1 aromatic rings. The van der Waals surface area contributed by atoms with Gasteiger partial charge in [-0.2, -0.15) is 0 Å². The summed E-state index contributed by atoms with van der Waals surface area (Å²) in [7, 11) is 0. The van der Waals surface area contributed by atoms with Crippen LogP contribution in [0.2, 0.25) is 0 Å². The van der Waals surface area contributed by atoms with Crippen LogP contribution in [0.3, 0.4) is 0 Å². The standard InChI is InChI=1S/C11H16BrN3O2/c1-7(2)3-4-10(16)14-15-11(17)9-5-8(12)6-13-9/h5-7,13H,3-4H2,1-2H3,(H,14,16)(H,15,17). The summed E-state index contributed by atoms with van der Waals surface area (Å²) in [4.78, 5) is 25.6. The summed E-state index contributed by atoms with van der Waals surface area (Å²) in [6, 6.07) is 1.63. The number of hydrogen-bond acceptors (Lipinski definition) is 2. The van der Waals surface area contributed by atoms with Gasteiger partial charge in [-0.25, -0.2) is 0 Å². The van der Waals surface area contributed by atoms with Crippen LogP contribution in [0.1, 0.15) is 37.2 Å². The predicted molar refractivity (Wildman–Crippen MR) is 68.2 cm³/mol. The van der Waals surface area contributed by atoms with E-state index in [0.29, 0.717) is 18.0 Å². The molecule has 0 aliphatic carbocycles. The third kappa shape index (κ3) is 5.04. The number of hydrazine groups is 1. The van der Waals surface area contributed by atoms with Gasteiger partial charge in [0.25, 0.3) is 5.91 Å². The van der Waals surface area contributed by atoms with Crippen molar-refractivity contribution in [1.82, 2.24) is 15.8 Å². The van der Waals surface area contributed by atoms with E-state index in [9.17, 15) is 9.59 Å². The Balaban J connectivity index is 2.31. The Bertz CT molecular complexity index is 401. The van der Waals surface area contributed by atoms with E-state index >= 15 is 0 Å². The quantitative estimate of drug-likeness (QED) is 0.744. The van der Waals surface area contributed by atoms with Gasteiger partial charge in [0.1, 0.15) is 5.69 Å². The summed E-state index contributed by atoms with van der Waals surface area (Å²) in [5, 5.41) is 0. The minimum Gasteiger partial charge on any atom is -0.356 e. The molecule has 0 aromatic carbocycles. The Kier molecular flexibility index (Phi) is 5.21. The van der Waals surface area contributed by atoms with Gasteiger partial charge in [0.05, 0.1) is 0 Å². The van der Waals surface area contributed by atoms with E-state index in [0.717, 1.165) is 10.9 Å². The SMILES string of the molecule is CC(C)CCC(=O)NNC(=O)c1cc(Br)c[nH]1. The van der Waals surface area contributed by atoms with Crippen LogP contribution in [0.5, 0.6) is 0 Å². The van der Waals surface area contributed by atoms with Crippen molar-refractivity contribution in [2.75, 3.05) is 0 Å². The second-order valence-corrected chi connectivity index (χ2v) is 5.08. The van der Waals surface area contributed by atoms with E-state index in [1.54, 1.807) is 12.3 Å². The number of halogens is 1. The molecule has 0 aliphatic heterocycles. The van der Waals surface area contributed by atoms with Gasteiger partial charge in [0.2, 0.25) is 5.91 Å². The van der Waals surface area contributed by atoms with Crippen molar-refractivity contribution in [3.63, 3.8) is 0 Å². The zero-order valence-electron chi connectivity index (χ0n) is 9.84. The number of nitrogens with one attached hydrogen (secondary N) is 3. The summed E-state index contributed by atoms with van der Waals surface area (Å²) in [5.74, 6) is -0.0814.